The highest BCUT2D eigenvalue weighted by atomic mass is 16.6. The first-order valence-electron chi connectivity index (χ1n) is 6.45. The van der Waals surface area contributed by atoms with E-state index in [-0.39, 0.29) is 11.5 Å². The fourth-order valence-corrected chi connectivity index (χ4v) is 2.11. The third-order valence-corrected chi connectivity index (χ3v) is 3.08. The summed E-state index contributed by atoms with van der Waals surface area (Å²) in [5.41, 5.74) is 6.65. The van der Waals surface area contributed by atoms with Crippen LogP contribution in [0, 0.1) is 10.1 Å². The van der Waals surface area contributed by atoms with Gasteiger partial charge in [-0.25, -0.2) is 4.98 Å². The fourth-order valence-electron chi connectivity index (χ4n) is 2.11. The van der Waals surface area contributed by atoms with E-state index in [4.69, 9.17) is 15.2 Å². The Labute approximate surface area is 120 Å². The number of rotatable bonds is 2. The molecule has 7 heteroatoms. The van der Waals surface area contributed by atoms with Gasteiger partial charge in [-0.3, -0.25) is 10.1 Å². The lowest BCUT2D eigenvalue weighted by Crippen LogP contribution is -1.97. The standard InChI is InChI=1S/C14H13N3O4/c15-14-8-10(17(18)19)7-11(16-14)9-2-3-12-13(6-9)21-5-1-4-20-12/h2-3,6-8H,1,4-5H2,(H2,15,16). The number of nitrogen functional groups attached to an aromatic ring is 1. The van der Waals surface area contributed by atoms with Gasteiger partial charge < -0.3 is 15.2 Å². The summed E-state index contributed by atoms with van der Waals surface area (Å²) in [6, 6.07) is 7.92. The molecule has 0 unspecified atom stereocenters. The number of ether oxygens (including phenoxy) is 2. The van der Waals surface area contributed by atoms with E-state index >= 15 is 0 Å². The van der Waals surface area contributed by atoms with Gasteiger partial charge in [0.05, 0.1) is 29.9 Å². The summed E-state index contributed by atoms with van der Waals surface area (Å²) < 4.78 is 11.1. The first-order chi connectivity index (χ1) is 10.1. The fraction of sp³-hybridized carbons (Fsp3) is 0.214. The van der Waals surface area contributed by atoms with Crippen molar-refractivity contribution in [3.05, 3.63) is 40.4 Å². The van der Waals surface area contributed by atoms with Crippen LogP contribution in [0.2, 0.25) is 0 Å². The monoisotopic (exact) mass is 287 g/mol. The molecule has 0 saturated carbocycles. The van der Waals surface area contributed by atoms with Crippen LogP contribution in [0.4, 0.5) is 11.5 Å². The van der Waals surface area contributed by atoms with Crippen molar-refractivity contribution in [1.82, 2.24) is 4.98 Å². The smallest absolute Gasteiger partial charge is 0.275 e. The minimum Gasteiger partial charge on any atom is -0.490 e. The summed E-state index contributed by atoms with van der Waals surface area (Å²) in [7, 11) is 0. The highest BCUT2D eigenvalue weighted by molar-refractivity contribution is 5.67. The van der Waals surface area contributed by atoms with Crippen LogP contribution in [0.1, 0.15) is 6.42 Å². The van der Waals surface area contributed by atoms with Crippen molar-refractivity contribution < 1.29 is 14.4 Å². The molecule has 0 fully saturated rings. The lowest BCUT2D eigenvalue weighted by molar-refractivity contribution is -0.384. The zero-order valence-corrected chi connectivity index (χ0v) is 11.1. The molecule has 1 aliphatic heterocycles. The Morgan fingerprint density at radius 1 is 1.14 bits per heavy atom. The average Bonchev–Trinajstić information content (AvgIpc) is 2.70. The number of nitrogens with two attached hydrogens (primary N) is 1. The van der Waals surface area contributed by atoms with E-state index in [1.165, 1.54) is 12.1 Å². The Kier molecular flexibility index (Phi) is 3.31. The Hall–Kier alpha value is -2.83. The summed E-state index contributed by atoms with van der Waals surface area (Å²) in [5.74, 6) is 1.37. The predicted octanol–water partition coefficient (Wildman–Crippen LogP) is 2.40. The summed E-state index contributed by atoms with van der Waals surface area (Å²) >= 11 is 0. The average molecular weight is 287 g/mol. The van der Waals surface area contributed by atoms with Gasteiger partial charge in [0.25, 0.3) is 5.69 Å². The van der Waals surface area contributed by atoms with Crippen LogP contribution in [-0.4, -0.2) is 23.1 Å². The van der Waals surface area contributed by atoms with Crippen LogP contribution < -0.4 is 15.2 Å². The maximum atomic E-state index is 10.9. The number of anilines is 1. The summed E-state index contributed by atoms with van der Waals surface area (Å²) in [5, 5.41) is 10.9. The topological polar surface area (TPSA) is 101 Å². The molecule has 0 spiro atoms. The number of pyridine rings is 1. The lowest BCUT2D eigenvalue weighted by Gasteiger charge is -2.09. The number of nitrogens with zero attached hydrogens (tertiary/aromatic N) is 2. The van der Waals surface area contributed by atoms with Gasteiger partial charge >= 0.3 is 0 Å². The highest BCUT2D eigenvalue weighted by Crippen LogP contribution is 2.34. The molecule has 2 N–H and O–H groups in total. The molecule has 1 aromatic carbocycles. The second-order valence-corrected chi connectivity index (χ2v) is 4.60. The molecule has 7 nitrogen and oxygen atoms in total. The molecule has 0 radical (unpaired) electrons. The van der Waals surface area contributed by atoms with Crippen LogP contribution >= 0.6 is 0 Å². The summed E-state index contributed by atoms with van der Waals surface area (Å²) in [4.78, 5) is 14.5. The molecule has 2 aromatic rings. The van der Waals surface area contributed by atoms with Crippen molar-refractivity contribution in [2.24, 2.45) is 0 Å². The number of fused-ring (bicyclic) bond motifs is 1. The van der Waals surface area contributed by atoms with E-state index in [0.29, 0.717) is 36.0 Å². The van der Waals surface area contributed by atoms with E-state index in [1.54, 1.807) is 18.2 Å². The Morgan fingerprint density at radius 2 is 1.90 bits per heavy atom. The van der Waals surface area contributed by atoms with E-state index in [2.05, 4.69) is 4.98 Å². The summed E-state index contributed by atoms with van der Waals surface area (Å²) in [6.07, 6.45) is 0.812. The number of benzene rings is 1. The van der Waals surface area contributed by atoms with Gasteiger partial charge in [-0.2, -0.15) is 0 Å². The Bertz CT molecular complexity index is 703. The first-order valence-corrected chi connectivity index (χ1v) is 6.45. The zero-order valence-electron chi connectivity index (χ0n) is 11.1. The highest BCUT2D eigenvalue weighted by Gasteiger charge is 2.15. The van der Waals surface area contributed by atoms with Crippen molar-refractivity contribution in [2.75, 3.05) is 18.9 Å². The molecule has 3 rings (SSSR count). The van der Waals surface area contributed by atoms with E-state index in [1.807, 2.05) is 0 Å². The van der Waals surface area contributed by atoms with Gasteiger partial charge in [0, 0.05) is 18.1 Å². The molecular formula is C14H13N3O4. The molecule has 21 heavy (non-hydrogen) atoms. The van der Waals surface area contributed by atoms with Gasteiger partial charge in [0.1, 0.15) is 5.82 Å². The third-order valence-electron chi connectivity index (χ3n) is 3.08. The van der Waals surface area contributed by atoms with Crippen LogP contribution in [-0.2, 0) is 0 Å². The van der Waals surface area contributed by atoms with Crippen LogP contribution in [0.5, 0.6) is 11.5 Å². The van der Waals surface area contributed by atoms with Crippen LogP contribution in [0.3, 0.4) is 0 Å². The zero-order chi connectivity index (χ0) is 14.8. The van der Waals surface area contributed by atoms with Gasteiger partial charge in [-0.05, 0) is 18.2 Å². The quantitative estimate of drug-likeness (QED) is 0.672. The van der Waals surface area contributed by atoms with E-state index < -0.39 is 4.92 Å². The number of hydrogen-bond donors (Lipinski definition) is 1. The van der Waals surface area contributed by atoms with Crippen molar-refractivity contribution in [1.29, 1.82) is 0 Å². The summed E-state index contributed by atoms with van der Waals surface area (Å²) in [6.45, 7) is 1.18. The third kappa shape index (κ3) is 2.71. The molecule has 1 aliphatic rings. The molecule has 108 valence electrons. The molecule has 2 heterocycles. The van der Waals surface area contributed by atoms with Crippen molar-refractivity contribution in [2.45, 2.75) is 6.42 Å². The van der Waals surface area contributed by atoms with Crippen molar-refractivity contribution in [3.63, 3.8) is 0 Å². The number of aromatic nitrogens is 1. The van der Waals surface area contributed by atoms with E-state index in [0.717, 1.165) is 6.42 Å². The Balaban J connectivity index is 2.04. The molecule has 1 aromatic heterocycles. The van der Waals surface area contributed by atoms with Gasteiger partial charge in [0.2, 0.25) is 0 Å². The van der Waals surface area contributed by atoms with Crippen LogP contribution in [0.15, 0.2) is 30.3 Å². The molecular weight excluding hydrogens is 274 g/mol. The SMILES string of the molecule is Nc1cc([N+](=O)[O-])cc(-c2ccc3c(c2)OCCCO3)n1. The molecule has 0 aliphatic carbocycles. The second kappa shape index (κ2) is 5.28. The minimum absolute atomic E-state index is 0.0930. The molecule has 0 saturated heterocycles. The van der Waals surface area contributed by atoms with Gasteiger partial charge in [-0.1, -0.05) is 0 Å². The van der Waals surface area contributed by atoms with Gasteiger partial charge in [0.15, 0.2) is 11.5 Å². The molecule has 0 bridgehead atoms. The number of nitro groups is 1. The first kappa shape index (κ1) is 13.2. The largest absolute Gasteiger partial charge is 0.490 e. The predicted molar refractivity (Wildman–Crippen MR) is 76.3 cm³/mol. The minimum atomic E-state index is -0.495. The van der Waals surface area contributed by atoms with E-state index in [9.17, 15) is 10.1 Å². The second-order valence-electron chi connectivity index (χ2n) is 4.60. The van der Waals surface area contributed by atoms with Crippen LogP contribution in [0.25, 0.3) is 11.3 Å². The van der Waals surface area contributed by atoms with Crippen molar-refractivity contribution in [3.8, 4) is 22.8 Å². The molecule has 0 amide bonds. The van der Waals surface area contributed by atoms with Crippen molar-refractivity contribution >= 4 is 11.5 Å². The number of hydrogen-bond acceptors (Lipinski definition) is 6. The maximum absolute atomic E-state index is 10.9. The normalized spacial score (nSPS) is 13.5. The molecule has 0 atom stereocenters. The maximum Gasteiger partial charge on any atom is 0.275 e. The lowest BCUT2D eigenvalue weighted by atomic mass is 10.1. The van der Waals surface area contributed by atoms with Gasteiger partial charge in [-0.15, -0.1) is 0 Å². The Morgan fingerprint density at radius 3 is 2.67 bits per heavy atom.